The average Bonchev–Trinajstić information content (AvgIpc) is 2.82. The molecule has 0 radical (unpaired) electrons. The maximum atomic E-state index is 12.2. The number of nitrogens with one attached hydrogen (secondary N) is 2. The van der Waals surface area contributed by atoms with Crippen molar-refractivity contribution in [3.05, 3.63) is 96.1 Å². The minimum atomic E-state index is -0.896. The first kappa shape index (κ1) is 22.6. The number of primary amides is 1. The Kier molecular flexibility index (Phi) is 7.97. The molecule has 3 amide bonds. The fraction of sp³-hybridized carbons (Fsp3) is 0.160. The standard InChI is InChI=1S/C25H25N3O4/c26-24(30)22(15-18-11-13-21(14-12-18)20-9-5-2-6-10-20)28-23(29)16-27-25(31)32-17-19-7-3-1-4-8-19/h1-14,22H,15-17H2,(H2,26,30)(H,27,31)(H,28,29)/t22-/m1/s1. The van der Waals surface area contributed by atoms with E-state index in [-0.39, 0.29) is 19.6 Å². The summed E-state index contributed by atoms with van der Waals surface area (Å²) in [6, 6.07) is 25.9. The summed E-state index contributed by atoms with van der Waals surface area (Å²) in [6.45, 7) is -0.235. The predicted molar refractivity (Wildman–Crippen MR) is 121 cm³/mol. The molecule has 0 saturated carbocycles. The van der Waals surface area contributed by atoms with E-state index in [1.165, 1.54) is 0 Å². The zero-order valence-electron chi connectivity index (χ0n) is 17.5. The quantitative estimate of drug-likeness (QED) is 0.484. The largest absolute Gasteiger partial charge is 0.445 e. The monoisotopic (exact) mass is 431 g/mol. The second-order valence-corrected chi connectivity index (χ2v) is 7.20. The van der Waals surface area contributed by atoms with Gasteiger partial charge in [-0.1, -0.05) is 84.9 Å². The first-order valence-electron chi connectivity index (χ1n) is 10.2. The smallest absolute Gasteiger partial charge is 0.407 e. The van der Waals surface area contributed by atoms with Crippen LogP contribution in [0.3, 0.4) is 0 Å². The van der Waals surface area contributed by atoms with Crippen LogP contribution in [0.1, 0.15) is 11.1 Å². The van der Waals surface area contributed by atoms with E-state index in [0.29, 0.717) is 0 Å². The molecule has 0 aliphatic rings. The number of hydrogen-bond acceptors (Lipinski definition) is 4. The maximum absolute atomic E-state index is 12.2. The highest BCUT2D eigenvalue weighted by molar-refractivity contribution is 5.88. The Labute approximate surface area is 186 Å². The van der Waals surface area contributed by atoms with Gasteiger partial charge in [0.25, 0.3) is 0 Å². The van der Waals surface area contributed by atoms with Gasteiger partial charge in [-0.05, 0) is 22.3 Å². The van der Waals surface area contributed by atoms with Crippen LogP contribution in [0.2, 0.25) is 0 Å². The minimum absolute atomic E-state index is 0.0944. The second-order valence-electron chi connectivity index (χ2n) is 7.20. The molecule has 0 heterocycles. The molecule has 0 fully saturated rings. The minimum Gasteiger partial charge on any atom is -0.445 e. The first-order valence-corrected chi connectivity index (χ1v) is 10.2. The van der Waals surface area contributed by atoms with E-state index in [2.05, 4.69) is 10.6 Å². The Morgan fingerprint density at radius 3 is 2.00 bits per heavy atom. The molecule has 1 atom stereocenters. The average molecular weight is 431 g/mol. The number of rotatable bonds is 9. The Balaban J connectivity index is 1.47. The molecule has 4 N–H and O–H groups in total. The van der Waals surface area contributed by atoms with Crippen LogP contribution in [0.4, 0.5) is 4.79 Å². The predicted octanol–water partition coefficient (Wildman–Crippen LogP) is 2.79. The molecule has 7 heteroatoms. The molecule has 0 aliphatic carbocycles. The number of carbonyl (C=O) groups excluding carboxylic acids is 3. The van der Waals surface area contributed by atoms with Gasteiger partial charge in [0, 0.05) is 6.42 Å². The number of amides is 3. The molecule has 3 aromatic rings. The van der Waals surface area contributed by atoms with Crippen molar-refractivity contribution >= 4 is 17.9 Å². The van der Waals surface area contributed by atoms with Gasteiger partial charge in [-0.15, -0.1) is 0 Å². The third-order valence-electron chi connectivity index (χ3n) is 4.79. The van der Waals surface area contributed by atoms with Crippen LogP contribution >= 0.6 is 0 Å². The molecule has 0 spiro atoms. The Bertz CT molecular complexity index is 1040. The summed E-state index contributed by atoms with van der Waals surface area (Å²) in [4.78, 5) is 35.8. The van der Waals surface area contributed by atoms with Gasteiger partial charge in [0.2, 0.25) is 11.8 Å². The molecular formula is C25H25N3O4. The summed E-state index contributed by atoms with van der Waals surface area (Å²) in [5.74, 6) is -1.19. The number of nitrogens with two attached hydrogens (primary N) is 1. The van der Waals surface area contributed by atoms with Gasteiger partial charge in [0.15, 0.2) is 0 Å². The summed E-state index contributed by atoms with van der Waals surface area (Å²) >= 11 is 0. The molecule has 0 aliphatic heterocycles. The Morgan fingerprint density at radius 2 is 1.38 bits per heavy atom. The highest BCUT2D eigenvalue weighted by Gasteiger charge is 2.19. The van der Waals surface area contributed by atoms with Crippen LogP contribution < -0.4 is 16.4 Å². The van der Waals surface area contributed by atoms with Crippen molar-refractivity contribution in [2.45, 2.75) is 19.1 Å². The van der Waals surface area contributed by atoms with Gasteiger partial charge in [0.1, 0.15) is 19.2 Å². The van der Waals surface area contributed by atoms with Gasteiger partial charge < -0.3 is 21.1 Å². The van der Waals surface area contributed by atoms with E-state index in [0.717, 1.165) is 22.3 Å². The highest BCUT2D eigenvalue weighted by Crippen LogP contribution is 2.19. The normalized spacial score (nSPS) is 11.2. The fourth-order valence-corrected chi connectivity index (χ4v) is 3.09. The van der Waals surface area contributed by atoms with Crippen molar-refractivity contribution < 1.29 is 19.1 Å². The van der Waals surface area contributed by atoms with Gasteiger partial charge in [0.05, 0.1) is 0 Å². The SMILES string of the molecule is NC(=O)[C@@H](Cc1ccc(-c2ccccc2)cc1)NC(=O)CNC(=O)OCc1ccccc1. The van der Waals surface area contributed by atoms with Gasteiger partial charge in [-0.25, -0.2) is 4.79 Å². The molecule has 3 aromatic carbocycles. The van der Waals surface area contributed by atoms with Crippen molar-refractivity contribution in [1.29, 1.82) is 0 Å². The van der Waals surface area contributed by atoms with Crippen molar-refractivity contribution in [2.75, 3.05) is 6.54 Å². The molecule has 3 rings (SSSR count). The van der Waals surface area contributed by atoms with Crippen LogP contribution in [0.15, 0.2) is 84.9 Å². The number of benzene rings is 3. The summed E-state index contributed by atoms with van der Waals surface area (Å²) in [6.07, 6.45) is -0.481. The van der Waals surface area contributed by atoms with E-state index in [9.17, 15) is 14.4 Å². The van der Waals surface area contributed by atoms with Crippen molar-refractivity contribution in [3.63, 3.8) is 0 Å². The lowest BCUT2D eigenvalue weighted by atomic mass is 10.0. The third-order valence-corrected chi connectivity index (χ3v) is 4.79. The third kappa shape index (κ3) is 6.98. The topological polar surface area (TPSA) is 111 Å². The van der Waals surface area contributed by atoms with Gasteiger partial charge in [-0.3, -0.25) is 9.59 Å². The van der Waals surface area contributed by atoms with Crippen molar-refractivity contribution in [2.24, 2.45) is 5.73 Å². The number of alkyl carbamates (subject to hydrolysis) is 1. The van der Waals surface area contributed by atoms with E-state index in [1.54, 1.807) is 0 Å². The summed E-state index contributed by atoms with van der Waals surface area (Å²) in [5, 5.41) is 4.92. The fourth-order valence-electron chi connectivity index (χ4n) is 3.09. The summed E-state index contributed by atoms with van der Waals surface area (Å²) < 4.78 is 5.05. The van der Waals surface area contributed by atoms with E-state index in [1.807, 2.05) is 84.9 Å². The lowest BCUT2D eigenvalue weighted by Gasteiger charge is -2.16. The molecule has 0 unspecified atom stereocenters. The van der Waals surface area contributed by atoms with Gasteiger partial charge >= 0.3 is 6.09 Å². The Hall–Kier alpha value is -4.13. The summed E-state index contributed by atoms with van der Waals surface area (Å²) in [7, 11) is 0. The molecule has 0 aromatic heterocycles. The molecule has 0 bridgehead atoms. The molecular weight excluding hydrogens is 406 g/mol. The Morgan fingerprint density at radius 1 is 0.781 bits per heavy atom. The molecule has 32 heavy (non-hydrogen) atoms. The lowest BCUT2D eigenvalue weighted by Crippen LogP contribution is -2.49. The van der Waals surface area contributed by atoms with Gasteiger partial charge in [-0.2, -0.15) is 0 Å². The van der Waals surface area contributed by atoms with Crippen LogP contribution in [0.25, 0.3) is 11.1 Å². The van der Waals surface area contributed by atoms with Crippen LogP contribution in [0.5, 0.6) is 0 Å². The van der Waals surface area contributed by atoms with Crippen molar-refractivity contribution in [1.82, 2.24) is 10.6 Å². The van der Waals surface area contributed by atoms with Crippen LogP contribution in [-0.2, 0) is 27.4 Å². The molecule has 7 nitrogen and oxygen atoms in total. The summed E-state index contributed by atoms with van der Waals surface area (Å²) in [5.41, 5.74) is 9.28. The zero-order valence-corrected chi connectivity index (χ0v) is 17.5. The molecule has 0 saturated heterocycles. The lowest BCUT2D eigenvalue weighted by molar-refractivity contribution is -0.126. The second kappa shape index (κ2) is 11.3. The first-order chi connectivity index (χ1) is 15.5. The van der Waals surface area contributed by atoms with Crippen LogP contribution in [-0.4, -0.2) is 30.5 Å². The van der Waals surface area contributed by atoms with Crippen LogP contribution in [0, 0.1) is 0 Å². The zero-order chi connectivity index (χ0) is 22.8. The van der Waals surface area contributed by atoms with E-state index in [4.69, 9.17) is 10.5 Å². The number of hydrogen-bond donors (Lipinski definition) is 3. The number of carbonyl (C=O) groups is 3. The highest BCUT2D eigenvalue weighted by atomic mass is 16.5. The van der Waals surface area contributed by atoms with E-state index >= 15 is 0 Å². The number of ether oxygens (including phenoxy) is 1. The van der Waals surface area contributed by atoms with Crippen molar-refractivity contribution in [3.8, 4) is 11.1 Å². The van der Waals surface area contributed by atoms with E-state index < -0.39 is 23.9 Å². The molecule has 164 valence electrons. The maximum Gasteiger partial charge on any atom is 0.407 e.